The molecule has 1 heterocycles. The number of nitrogens with zero attached hydrogens (tertiary/aromatic N) is 1. The Labute approximate surface area is 213 Å². The molecule has 2 aromatic carbocycles. The van der Waals surface area contributed by atoms with Gasteiger partial charge in [-0.05, 0) is 0 Å². The number of carbonyl (C=O) groups is 1. The second kappa shape index (κ2) is 13.1. The van der Waals surface area contributed by atoms with Crippen LogP contribution in [0.4, 0.5) is 0 Å². The van der Waals surface area contributed by atoms with Crippen LogP contribution in [-0.2, 0) is 16.5 Å². The van der Waals surface area contributed by atoms with Gasteiger partial charge >= 0.3 is 213 Å². The van der Waals surface area contributed by atoms with Crippen LogP contribution in [0, 0.1) is 12.3 Å². The van der Waals surface area contributed by atoms with Crippen LogP contribution in [0.25, 0.3) is 11.1 Å². The molecule has 0 unspecified atom stereocenters. The number of rotatable bonds is 13. The summed E-state index contributed by atoms with van der Waals surface area (Å²) in [4.78, 5) is 15.0. The van der Waals surface area contributed by atoms with Gasteiger partial charge in [-0.15, -0.1) is 0 Å². The summed E-state index contributed by atoms with van der Waals surface area (Å²) >= 11 is -0.135. The van der Waals surface area contributed by atoms with E-state index in [0.29, 0.717) is 24.2 Å². The van der Waals surface area contributed by atoms with Gasteiger partial charge in [0, 0.05) is 0 Å². The Morgan fingerprint density at radius 3 is 2.34 bits per heavy atom. The van der Waals surface area contributed by atoms with E-state index in [1.807, 2.05) is 37.4 Å². The third kappa shape index (κ3) is 7.94. The number of aromatic hydroxyl groups is 1. The van der Waals surface area contributed by atoms with Crippen molar-refractivity contribution in [2.24, 2.45) is 5.73 Å². The topological polar surface area (TPSA) is 132 Å². The molecule has 183 valence electrons. The van der Waals surface area contributed by atoms with Gasteiger partial charge in [-0.3, -0.25) is 0 Å². The minimum absolute atomic E-state index is 0.0675. The molecule has 0 spiro atoms. The van der Waals surface area contributed by atoms with Gasteiger partial charge < -0.3 is 0 Å². The minimum atomic E-state index is -0.749. The van der Waals surface area contributed by atoms with Gasteiger partial charge in [-0.25, -0.2) is 0 Å². The van der Waals surface area contributed by atoms with Gasteiger partial charge in [-0.2, -0.15) is 0 Å². The molecule has 0 bridgehead atoms. The van der Waals surface area contributed by atoms with Crippen LogP contribution in [0.1, 0.15) is 48.1 Å². The van der Waals surface area contributed by atoms with Gasteiger partial charge in [0.2, 0.25) is 0 Å². The van der Waals surface area contributed by atoms with E-state index < -0.39 is 5.97 Å². The molecule has 0 saturated carbocycles. The third-order valence-electron chi connectivity index (χ3n) is 5.80. The molecule has 0 aliphatic rings. The fourth-order valence-electron chi connectivity index (χ4n) is 3.71. The van der Waals surface area contributed by atoms with Crippen molar-refractivity contribution in [1.82, 2.24) is 10.3 Å². The van der Waals surface area contributed by atoms with Crippen molar-refractivity contribution < 1.29 is 15.0 Å². The number of hydrogen-bond donors (Lipinski definition) is 5. The standard InChI is InChI=1S/C27H32AsN4O3/c1-18-26(35)24(17-31-14-4-2-3-5-25(33)34)22(16-32-18)15-28-23-12-10-20(11-13-23)19-6-8-21(9-7-19)27(29)30/h6-13,16,31,35H,2-5,14-15,17H2,1H3,(H3,29,30)(H,33,34). The molecule has 8 heteroatoms. The number of aliphatic carboxylic acids is 1. The Bertz CT molecular complexity index is 1150. The van der Waals surface area contributed by atoms with Crippen LogP contribution in [0.15, 0.2) is 54.7 Å². The SMILES string of the molecule is Cc1ncc(C[As]c2ccc(-c3ccc(C(=N)N)cc3)cc2)c(CNCCCCCC(=O)O)c1O. The van der Waals surface area contributed by atoms with Gasteiger partial charge in [0.25, 0.3) is 0 Å². The van der Waals surface area contributed by atoms with E-state index in [9.17, 15) is 9.90 Å². The van der Waals surface area contributed by atoms with Gasteiger partial charge in [0.15, 0.2) is 0 Å². The molecule has 0 amide bonds. The molecular formula is C27H32AsN4O3. The number of aryl methyl sites for hydroxylation is 1. The molecule has 0 saturated heterocycles. The van der Waals surface area contributed by atoms with Crippen molar-refractivity contribution in [3.63, 3.8) is 0 Å². The molecule has 0 aliphatic carbocycles. The number of unbranched alkanes of at least 4 members (excludes halogenated alkanes) is 2. The van der Waals surface area contributed by atoms with Crippen LogP contribution in [-0.4, -0.2) is 49.3 Å². The Kier molecular flexibility index (Phi) is 9.88. The first-order valence-corrected chi connectivity index (χ1v) is 13.9. The predicted molar refractivity (Wildman–Crippen MR) is 140 cm³/mol. The number of nitrogens with two attached hydrogens (primary N) is 1. The quantitative estimate of drug-likeness (QED) is 0.0988. The average Bonchev–Trinajstić information content (AvgIpc) is 2.85. The second-order valence-electron chi connectivity index (χ2n) is 8.43. The summed E-state index contributed by atoms with van der Waals surface area (Å²) < 4.78 is 1.29. The van der Waals surface area contributed by atoms with E-state index >= 15 is 0 Å². The molecule has 3 aromatic rings. The number of amidine groups is 1. The number of nitrogen functional groups attached to an aromatic ring is 1. The molecular weight excluding hydrogens is 503 g/mol. The van der Waals surface area contributed by atoms with Crippen LogP contribution < -0.4 is 15.4 Å². The van der Waals surface area contributed by atoms with Crippen LogP contribution in [0.3, 0.4) is 0 Å². The summed E-state index contributed by atoms with van der Waals surface area (Å²) in [7, 11) is 0. The maximum absolute atomic E-state index is 10.6. The zero-order chi connectivity index (χ0) is 25.2. The number of benzene rings is 2. The summed E-state index contributed by atoms with van der Waals surface area (Å²) in [6.07, 6.45) is 4.55. The number of pyridine rings is 1. The molecule has 0 atom stereocenters. The van der Waals surface area contributed by atoms with Gasteiger partial charge in [0.1, 0.15) is 0 Å². The molecule has 0 aliphatic heterocycles. The zero-order valence-corrected chi connectivity index (χ0v) is 21.8. The molecule has 35 heavy (non-hydrogen) atoms. The van der Waals surface area contributed by atoms with E-state index in [1.54, 1.807) is 0 Å². The predicted octanol–water partition coefficient (Wildman–Crippen LogP) is 3.31. The first kappa shape index (κ1) is 26.5. The van der Waals surface area contributed by atoms with Crippen LogP contribution >= 0.6 is 0 Å². The summed E-state index contributed by atoms with van der Waals surface area (Å²) in [6, 6.07) is 16.2. The molecule has 1 radical (unpaired) electrons. The molecule has 1 aromatic heterocycles. The van der Waals surface area contributed by atoms with E-state index in [4.69, 9.17) is 16.2 Å². The van der Waals surface area contributed by atoms with Crippen LogP contribution in [0.5, 0.6) is 5.75 Å². The van der Waals surface area contributed by atoms with E-state index in [2.05, 4.69) is 34.6 Å². The van der Waals surface area contributed by atoms with Crippen LogP contribution in [0.2, 0.25) is 0 Å². The Morgan fingerprint density at radius 2 is 1.71 bits per heavy atom. The summed E-state index contributed by atoms with van der Waals surface area (Å²) in [5, 5.41) is 31.1. The molecule has 3 rings (SSSR count). The Hall–Kier alpha value is -3.15. The first-order valence-electron chi connectivity index (χ1n) is 11.7. The number of carboxylic acid groups (broad SMARTS) is 1. The number of aromatic nitrogens is 1. The molecule has 0 fully saturated rings. The third-order valence-corrected chi connectivity index (χ3v) is 8.24. The fraction of sp³-hybridized carbons (Fsp3) is 0.296. The second-order valence-corrected chi connectivity index (χ2v) is 10.8. The van der Waals surface area contributed by atoms with E-state index in [0.717, 1.165) is 46.8 Å². The van der Waals surface area contributed by atoms with E-state index in [-0.39, 0.29) is 33.8 Å². The maximum atomic E-state index is 10.6. The monoisotopic (exact) mass is 535 g/mol. The average molecular weight is 536 g/mol. The van der Waals surface area contributed by atoms with Crippen molar-refractivity contribution in [3.8, 4) is 16.9 Å². The number of carboxylic acids is 1. The van der Waals surface area contributed by atoms with Crippen molar-refractivity contribution in [2.75, 3.05) is 6.54 Å². The normalized spacial score (nSPS) is 11.2. The van der Waals surface area contributed by atoms with Crippen molar-refractivity contribution in [3.05, 3.63) is 77.1 Å². The Morgan fingerprint density at radius 1 is 1.06 bits per heavy atom. The zero-order valence-electron chi connectivity index (χ0n) is 19.9. The van der Waals surface area contributed by atoms with E-state index in [1.165, 1.54) is 4.35 Å². The Balaban J connectivity index is 1.57. The van der Waals surface area contributed by atoms with Gasteiger partial charge in [0.05, 0.1) is 0 Å². The number of nitrogens with one attached hydrogen (secondary N) is 2. The molecule has 6 N–H and O–H groups in total. The summed E-state index contributed by atoms with van der Waals surface area (Å²) in [6.45, 7) is 3.16. The fourth-order valence-corrected chi connectivity index (χ4v) is 5.78. The summed E-state index contributed by atoms with van der Waals surface area (Å²) in [5.74, 6) is -0.426. The molecule has 7 nitrogen and oxygen atoms in total. The van der Waals surface area contributed by atoms with Crippen molar-refractivity contribution in [2.45, 2.75) is 44.4 Å². The van der Waals surface area contributed by atoms with Gasteiger partial charge in [-0.1, -0.05) is 0 Å². The first-order chi connectivity index (χ1) is 16.8. The summed E-state index contributed by atoms with van der Waals surface area (Å²) in [5.41, 5.74) is 11.1. The van der Waals surface area contributed by atoms with Crippen molar-refractivity contribution in [1.29, 1.82) is 5.41 Å². The van der Waals surface area contributed by atoms with Crippen molar-refractivity contribution >= 4 is 31.9 Å². The number of hydrogen-bond acceptors (Lipinski definition) is 5.